The molecule has 2 heterocycles. The Balaban J connectivity index is 1.73. The summed E-state index contributed by atoms with van der Waals surface area (Å²) < 4.78 is 1.98. The Morgan fingerprint density at radius 3 is 2.83 bits per heavy atom. The quantitative estimate of drug-likeness (QED) is 0.912. The summed E-state index contributed by atoms with van der Waals surface area (Å²) in [7, 11) is 0. The summed E-state index contributed by atoms with van der Waals surface area (Å²) >= 11 is 0. The van der Waals surface area contributed by atoms with Crippen LogP contribution in [-0.2, 0) is 9.59 Å². The Morgan fingerprint density at radius 1 is 1.29 bits per heavy atom. The van der Waals surface area contributed by atoms with E-state index in [1.807, 2.05) is 34.9 Å². The van der Waals surface area contributed by atoms with Crippen molar-refractivity contribution in [2.45, 2.75) is 25.7 Å². The number of piperidine rings is 1. The van der Waals surface area contributed by atoms with Crippen LogP contribution >= 0.6 is 0 Å². The van der Waals surface area contributed by atoms with Gasteiger partial charge in [0.25, 0.3) is 0 Å². The Bertz CT molecular complexity index is 713. The molecule has 7 nitrogen and oxygen atoms in total. The number of benzene rings is 1. The minimum atomic E-state index is -0.194. The van der Waals surface area contributed by atoms with Gasteiger partial charge in [0.15, 0.2) is 0 Å². The largest absolute Gasteiger partial charge is 0.347 e. The van der Waals surface area contributed by atoms with Crippen molar-refractivity contribution < 1.29 is 9.59 Å². The molecule has 1 aromatic heterocycles. The minimum absolute atomic E-state index is 0.0490. The summed E-state index contributed by atoms with van der Waals surface area (Å²) in [6.45, 7) is 2.78. The standard InChI is InChI=1S/C17H21N5O2/c1-13(23)18-10-16(24)21-9-5-6-14(11-21)17-20-19-12-22(17)15-7-3-2-4-8-15/h2-4,7-8,12,14H,5-6,9-11H2,1H3,(H,18,23). The van der Waals surface area contributed by atoms with E-state index < -0.39 is 0 Å². The van der Waals surface area contributed by atoms with E-state index in [0.29, 0.717) is 13.1 Å². The molecule has 1 saturated heterocycles. The van der Waals surface area contributed by atoms with Crippen molar-refractivity contribution in [3.8, 4) is 5.69 Å². The molecule has 1 N–H and O–H groups in total. The maximum absolute atomic E-state index is 12.2. The van der Waals surface area contributed by atoms with E-state index in [9.17, 15) is 9.59 Å². The lowest BCUT2D eigenvalue weighted by molar-refractivity contribution is -0.133. The van der Waals surface area contributed by atoms with Crippen LogP contribution in [0.3, 0.4) is 0 Å². The second-order valence-corrected chi connectivity index (χ2v) is 5.98. The predicted molar refractivity (Wildman–Crippen MR) is 88.6 cm³/mol. The number of hydrogen-bond donors (Lipinski definition) is 1. The number of nitrogens with zero attached hydrogens (tertiary/aromatic N) is 4. The van der Waals surface area contributed by atoms with Crippen LogP contribution in [0.25, 0.3) is 5.69 Å². The number of hydrogen-bond acceptors (Lipinski definition) is 4. The predicted octanol–water partition coefficient (Wildman–Crippen LogP) is 1.11. The van der Waals surface area contributed by atoms with Crippen LogP contribution in [0.2, 0.25) is 0 Å². The monoisotopic (exact) mass is 327 g/mol. The first-order valence-corrected chi connectivity index (χ1v) is 8.12. The Morgan fingerprint density at radius 2 is 2.08 bits per heavy atom. The second kappa shape index (κ2) is 7.25. The molecule has 24 heavy (non-hydrogen) atoms. The lowest BCUT2D eigenvalue weighted by atomic mass is 9.97. The average Bonchev–Trinajstić information content (AvgIpc) is 3.10. The van der Waals surface area contributed by atoms with E-state index in [4.69, 9.17) is 0 Å². The number of carbonyl (C=O) groups excluding carboxylic acids is 2. The fraction of sp³-hybridized carbons (Fsp3) is 0.412. The zero-order chi connectivity index (χ0) is 16.9. The van der Waals surface area contributed by atoms with E-state index >= 15 is 0 Å². The number of amides is 2. The van der Waals surface area contributed by atoms with Gasteiger partial charge in [0.05, 0.1) is 6.54 Å². The summed E-state index contributed by atoms with van der Waals surface area (Å²) in [5.41, 5.74) is 1.01. The molecule has 2 amide bonds. The van der Waals surface area contributed by atoms with Crippen molar-refractivity contribution in [1.29, 1.82) is 0 Å². The van der Waals surface area contributed by atoms with Crippen LogP contribution in [-0.4, -0.2) is 51.1 Å². The molecule has 1 aromatic carbocycles. The number of aromatic nitrogens is 3. The highest BCUT2D eigenvalue weighted by atomic mass is 16.2. The van der Waals surface area contributed by atoms with Crippen molar-refractivity contribution in [3.05, 3.63) is 42.5 Å². The lowest BCUT2D eigenvalue weighted by Crippen LogP contribution is -2.44. The van der Waals surface area contributed by atoms with Gasteiger partial charge in [0.1, 0.15) is 12.2 Å². The molecule has 1 atom stereocenters. The van der Waals surface area contributed by atoms with Gasteiger partial charge in [-0.3, -0.25) is 14.2 Å². The number of para-hydroxylation sites is 1. The summed E-state index contributed by atoms with van der Waals surface area (Å²) in [5, 5.41) is 10.9. The van der Waals surface area contributed by atoms with Gasteiger partial charge in [0.2, 0.25) is 11.8 Å². The number of carbonyl (C=O) groups is 2. The molecule has 1 unspecified atom stereocenters. The molecule has 0 spiro atoms. The van der Waals surface area contributed by atoms with Crippen LogP contribution in [0.1, 0.15) is 31.5 Å². The van der Waals surface area contributed by atoms with Gasteiger partial charge in [0, 0.05) is 31.6 Å². The van der Waals surface area contributed by atoms with Crippen LogP contribution in [0, 0.1) is 0 Å². The normalized spacial score (nSPS) is 17.5. The van der Waals surface area contributed by atoms with Gasteiger partial charge in [-0.1, -0.05) is 18.2 Å². The van der Waals surface area contributed by atoms with Crippen molar-refractivity contribution in [1.82, 2.24) is 25.0 Å². The first-order chi connectivity index (χ1) is 11.6. The van der Waals surface area contributed by atoms with Gasteiger partial charge in [-0.25, -0.2) is 0 Å². The minimum Gasteiger partial charge on any atom is -0.347 e. The fourth-order valence-corrected chi connectivity index (χ4v) is 3.04. The smallest absolute Gasteiger partial charge is 0.241 e. The topological polar surface area (TPSA) is 80.1 Å². The van der Waals surface area contributed by atoms with Crippen molar-refractivity contribution in [2.75, 3.05) is 19.6 Å². The molecule has 1 fully saturated rings. The third kappa shape index (κ3) is 3.61. The van der Waals surface area contributed by atoms with E-state index in [2.05, 4.69) is 15.5 Å². The molecular weight excluding hydrogens is 306 g/mol. The second-order valence-electron chi connectivity index (χ2n) is 5.98. The highest BCUT2D eigenvalue weighted by molar-refractivity contribution is 5.83. The fourth-order valence-electron chi connectivity index (χ4n) is 3.04. The van der Waals surface area contributed by atoms with E-state index in [1.54, 1.807) is 11.2 Å². The maximum atomic E-state index is 12.2. The summed E-state index contributed by atoms with van der Waals surface area (Å²) in [6.07, 6.45) is 3.59. The van der Waals surface area contributed by atoms with Crippen LogP contribution < -0.4 is 5.32 Å². The molecule has 1 aliphatic rings. The molecule has 3 rings (SSSR count). The molecule has 0 saturated carbocycles. The Labute approximate surface area is 140 Å². The molecule has 1 aliphatic heterocycles. The summed E-state index contributed by atoms with van der Waals surface area (Å²) in [4.78, 5) is 25.0. The van der Waals surface area contributed by atoms with E-state index in [-0.39, 0.29) is 24.3 Å². The molecule has 0 radical (unpaired) electrons. The molecule has 0 bridgehead atoms. The van der Waals surface area contributed by atoms with Gasteiger partial charge in [-0.2, -0.15) is 0 Å². The average molecular weight is 327 g/mol. The highest BCUT2D eigenvalue weighted by Gasteiger charge is 2.28. The Kier molecular flexibility index (Phi) is 4.88. The number of likely N-dealkylation sites (tertiary alicyclic amines) is 1. The van der Waals surface area contributed by atoms with Gasteiger partial charge >= 0.3 is 0 Å². The number of nitrogens with one attached hydrogen (secondary N) is 1. The first-order valence-electron chi connectivity index (χ1n) is 8.12. The zero-order valence-electron chi connectivity index (χ0n) is 13.7. The molecule has 126 valence electrons. The molecular formula is C17H21N5O2. The zero-order valence-corrected chi connectivity index (χ0v) is 13.7. The first kappa shape index (κ1) is 16.2. The summed E-state index contributed by atoms with van der Waals surface area (Å²) in [5.74, 6) is 0.766. The van der Waals surface area contributed by atoms with Crippen LogP contribution in [0.5, 0.6) is 0 Å². The van der Waals surface area contributed by atoms with E-state index in [0.717, 1.165) is 24.4 Å². The summed E-state index contributed by atoms with van der Waals surface area (Å²) in [6, 6.07) is 9.94. The third-order valence-electron chi connectivity index (χ3n) is 4.24. The van der Waals surface area contributed by atoms with E-state index in [1.165, 1.54) is 6.92 Å². The Hall–Kier alpha value is -2.70. The maximum Gasteiger partial charge on any atom is 0.241 e. The van der Waals surface area contributed by atoms with Gasteiger partial charge in [-0.05, 0) is 25.0 Å². The van der Waals surface area contributed by atoms with Gasteiger partial charge < -0.3 is 10.2 Å². The lowest BCUT2D eigenvalue weighted by Gasteiger charge is -2.32. The number of rotatable bonds is 4. The molecule has 0 aliphatic carbocycles. The van der Waals surface area contributed by atoms with Crippen molar-refractivity contribution in [3.63, 3.8) is 0 Å². The van der Waals surface area contributed by atoms with Crippen LogP contribution in [0.4, 0.5) is 0 Å². The third-order valence-corrected chi connectivity index (χ3v) is 4.24. The van der Waals surface area contributed by atoms with Crippen molar-refractivity contribution >= 4 is 11.8 Å². The molecule has 2 aromatic rings. The highest BCUT2D eigenvalue weighted by Crippen LogP contribution is 2.27. The molecule has 7 heteroatoms. The van der Waals surface area contributed by atoms with Gasteiger partial charge in [-0.15, -0.1) is 10.2 Å². The van der Waals surface area contributed by atoms with Crippen LogP contribution in [0.15, 0.2) is 36.7 Å². The SMILES string of the molecule is CC(=O)NCC(=O)N1CCCC(c2nncn2-c2ccccc2)C1. The van der Waals surface area contributed by atoms with Crippen molar-refractivity contribution in [2.24, 2.45) is 0 Å².